The molecule has 1 heteroatoms. The Morgan fingerprint density at radius 1 is 1.31 bits per heavy atom. The lowest BCUT2D eigenvalue weighted by atomic mass is 9.99. The molecule has 0 unspecified atom stereocenters. The van der Waals surface area contributed by atoms with E-state index < -0.39 is 0 Å². The van der Waals surface area contributed by atoms with Gasteiger partial charge in [-0.2, -0.15) is 0 Å². The molecule has 0 spiro atoms. The van der Waals surface area contributed by atoms with E-state index in [0.717, 1.165) is 12.3 Å². The van der Waals surface area contributed by atoms with Gasteiger partial charge in [-0.3, -0.25) is 4.98 Å². The molecule has 1 nitrogen and oxygen atoms in total. The lowest BCUT2D eigenvalue weighted by Crippen LogP contribution is -1.97. The van der Waals surface area contributed by atoms with Gasteiger partial charge in [-0.15, -0.1) is 0 Å². The average Bonchev–Trinajstić information content (AvgIpc) is 2.15. The fourth-order valence-corrected chi connectivity index (χ4v) is 1.46. The molecule has 72 valence electrons. The second-order valence-electron chi connectivity index (χ2n) is 3.93. The van der Waals surface area contributed by atoms with Crippen molar-refractivity contribution in [1.82, 2.24) is 4.98 Å². The van der Waals surface area contributed by atoms with Gasteiger partial charge in [0.05, 0.1) is 0 Å². The summed E-state index contributed by atoms with van der Waals surface area (Å²) in [6.07, 6.45) is 7.46. The van der Waals surface area contributed by atoms with E-state index in [-0.39, 0.29) is 0 Å². The Kier molecular flexibility index (Phi) is 3.94. The van der Waals surface area contributed by atoms with E-state index >= 15 is 0 Å². The number of hydrogen-bond donors (Lipinski definition) is 0. The van der Waals surface area contributed by atoms with Crippen LogP contribution in [-0.4, -0.2) is 4.98 Å². The topological polar surface area (TPSA) is 12.9 Å². The molecular weight excluding hydrogens is 158 g/mol. The molecule has 0 fully saturated rings. The monoisotopic (exact) mass is 177 g/mol. The molecule has 0 aliphatic carbocycles. The van der Waals surface area contributed by atoms with Gasteiger partial charge in [0.1, 0.15) is 0 Å². The quantitative estimate of drug-likeness (QED) is 0.688. The summed E-state index contributed by atoms with van der Waals surface area (Å²) in [6, 6.07) is 2.15. The van der Waals surface area contributed by atoms with Crippen LogP contribution in [0.25, 0.3) is 0 Å². The highest BCUT2D eigenvalue weighted by Crippen LogP contribution is 2.13. The van der Waals surface area contributed by atoms with Crippen LogP contribution < -0.4 is 0 Å². The lowest BCUT2D eigenvalue weighted by Gasteiger charge is -2.08. The van der Waals surface area contributed by atoms with Gasteiger partial charge in [-0.05, 0) is 42.4 Å². The molecule has 0 saturated carbocycles. The molecule has 0 radical (unpaired) electrons. The van der Waals surface area contributed by atoms with E-state index in [1.807, 2.05) is 12.4 Å². The van der Waals surface area contributed by atoms with Crippen molar-refractivity contribution in [3.8, 4) is 0 Å². The van der Waals surface area contributed by atoms with Crippen LogP contribution in [0.5, 0.6) is 0 Å². The fraction of sp³-hybridized carbons (Fsp3) is 0.583. The highest BCUT2D eigenvalue weighted by atomic mass is 14.6. The number of pyridine rings is 1. The van der Waals surface area contributed by atoms with Crippen LogP contribution in [-0.2, 0) is 12.8 Å². The number of hydrogen-bond acceptors (Lipinski definition) is 1. The molecule has 1 rings (SSSR count). The minimum atomic E-state index is 0.790. The predicted octanol–water partition coefficient (Wildman–Crippen LogP) is 3.23. The molecule has 0 aromatic carbocycles. The van der Waals surface area contributed by atoms with Crippen molar-refractivity contribution in [2.75, 3.05) is 0 Å². The SMILES string of the molecule is CCc1cnccc1CCC(C)C. The Labute approximate surface area is 81.2 Å². The zero-order valence-corrected chi connectivity index (χ0v) is 8.88. The zero-order valence-electron chi connectivity index (χ0n) is 8.88. The van der Waals surface area contributed by atoms with E-state index in [1.54, 1.807) is 0 Å². The summed E-state index contributed by atoms with van der Waals surface area (Å²) in [7, 11) is 0. The molecule has 0 saturated heterocycles. The van der Waals surface area contributed by atoms with Crippen molar-refractivity contribution < 1.29 is 0 Å². The number of rotatable bonds is 4. The first-order chi connectivity index (χ1) is 6.24. The standard InChI is InChI=1S/C12H19N/c1-4-11-9-13-8-7-12(11)6-5-10(2)3/h7-10H,4-6H2,1-3H3. The maximum atomic E-state index is 4.14. The molecule has 1 aromatic heterocycles. The summed E-state index contributed by atoms with van der Waals surface area (Å²) >= 11 is 0. The van der Waals surface area contributed by atoms with Crippen molar-refractivity contribution in [2.45, 2.75) is 40.0 Å². The molecule has 0 N–H and O–H groups in total. The van der Waals surface area contributed by atoms with Crippen LogP contribution in [0.2, 0.25) is 0 Å². The number of nitrogens with zero attached hydrogens (tertiary/aromatic N) is 1. The van der Waals surface area contributed by atoms with Crippen LogP contribution in [0.4, 0.5) is 0 Å². The van der Waals surface area contributed by atoms with Crippen molar-refractivity contribution in [3.63, 3.8) is 0 Å². The maximum absolute atomic E-state index is 4.14. The third-order valence-electron chi connectivity index (χ3n) is 2.38. The van der Waals surface area contributed by atoms with Gasteiger partial charge in [0, 0.05) is 12.4 Å². The molecule has 1 heterocycles. The van der Waals surface area contributed by atoms with Gasteiger partial charge in [0.25, 0.3) is 0 Å². The van der Waals surface area contributed by atoms with Crippen LogP contribution in [0, 0.1) is 5.92 Å². The molecule has 0 bridgehead atoms. The van der Waals surface area contributed by atoms with E-state index in [4.69, 9.17) is 0 Å². The highest BCUT2D eigenvalue weighted by Gasteiger charge is 2.01. The minimum Gasteiger partial charge on any atom is -0.264 e. The van der Waals surface area contributed by atoms with Gasteiger partial charge >= 0.3 is 0 Å². The second kappa shape index (κ2) is 5.00. The number of aryl methyl sites for hydroxylation is 2. The molecular formula is C12H19N. The second-order valence-corrected chi connectivity index (χ2v) is 3.93. The molecule has 1 aromatic rings. The molecule has 0 amide bonds. The summed E-state index contributed by atoms with van der Waals surface area (Å²) in [6.45, 7) is 6.73. The Balaban J connectivity index is 2.64. The fourth-order valence-electron chi connectivity index (χ4n) is 1.46. The largest absolute Gasteiger partial charge is 0.264 e. The van der Waals surface area contributed by atoms with E-state index in [9.17, 15) is 0 Å². The van der Waals surface area contributed by atoms with E-state index in [0.29, 0.717) is 0 Å². The molecule has 13 heavy (non-hydrogen) atoms. The van der Waals surface area contributed by atoms with Gasteiger partial charge in [-0.1, -0.05) is 20.8 Å². The van der Waals surface area contributed by atoms with E-state index in [2.05, 4.69) is 31.8 Å². The summed E-state index contributed by atoms with van der Waals surface area (Å²) < 4.78 is 0. The van der Waals surface area contributed by atoms with Gasteiger partial charge in [0.2, 0.25) is 0 Å². The van der Waals surface area contributed by atoms with E-state index in [1.165, 1.54) is 24.0 Å². The summed E-state index contributed by atoms with van der Waals surface area (Å²) in [5.74, 6) is 0.790. The first kappa shape index (κ1) is 10.2. The van der Waals surface area contributed by atoms with Crippen LogP contribution in [0.15, 0.2) is 18.5 Å². The summed E-state index contributed by atoms with van der Waals surface area (Å²) in [4.78, 5) is 4.14. The lowest BCUT2D eigenvalue weighted by molar-refractivity contribution is 0.585. The first-order valence-electron chi connectivity index (χ1n) is 5.15. The van der Waals surface area contributed by atoms with Crippen LogP contribution >= 0.6 is 0 Å². The normalized spacial score (nSPS) is 10.8. The van der Waals surface area contributed by atoms with Crippen molar-refractivity contribution in [3.05, 3.63) is 29.6 Å². The van der Waals surface area contributed by atoms with Gasteiger partial charge in [0.15, 0.2) is 0 Å². The average molecular weight is 177 g/mol. The third-order valence-corrected chi connectivity index (χ3v) is 2.38. The number of aromatic nitrogens is 1. The van der Waals surface area contributed by atoms with Gasteiger partial charge in [-0.25, -0.2) is 0 Å². The Morgan fingerprint density at radius 3 is 2.69 bits per heavy atom. The smallest absolute Gasteiger partial charge is 0.0302 e. The molecule has 0 aliphatic rings. The van der Waals surface area contributed by atoms with Crippen LogP contribution in [0.1, 0.15) is 38.3 Å². The molecule has 0 atom stereocenters. The first-order valence-corrected chi connectivity index (χ1v) is 5.15. The van der Waals surface area contributed by atoms with Crippen molar-refractivity contribution in [1.29, 1.82) is 0 Å². The zero-order chi connectivity index (χ0) is 9.68. The summed E-state index contributed by atoms with van der Waals surface area (Å²) in [5, 5.41) is 0. The third kappa shape index (κ3) is 3.17. The predicted molar refractivity (Wildman–Crippen MR) is 56.8 cm³/mol. The maximum Gasteiger partial charge on any atom is 0.0302 e. The minimum absolute atomic E-state index is 0.790. The molecule has 0 aliphatic heterocycles. The van der Waals surface area contributed by atoms with Crippen molar-refractivity contribution in [2.24, 2.45) is 5.92 Å². The highest BCUT2D eigenvalue weighted by molar-refractivity contribution is 5.23. The Morgan fingerprint density at radius 2 is 2.08 bits per heavy atom. The Bertz CT molecular complexity index is 253. The van der Waals surface area contributed by atoms with Crippen LogP contribution in [0.3, 0.4) is 0 Å². The van der Waals surface area contributed by atoms with Crippen molar-refractivity contribution >= 4 is 0 Å². The Hall–Kier alpha value is -0.850. The van der Waals surface area contributed by atoms with Gasteiger partial charge < -0.3 is 0 Å². The summed E-state index contributed by atoms with van der Waals surface area (Å²) in [5.41, 5.74) is 2.88.